The molecule has 0 unspecified atom stereocenters. The van der Waals surface area contributed by atoms with Crippen molar-refractivity contribution in [1.29, 1.82) is 0 Å². The quantitative estimate of drug-likeness (QED) is 0.715. The molecule has 4 rings (SSSR count). The van der Waals surface area contributed by atoms with Crippen LogP contribution >= 0.6 is 0 Å². The minimum Gasteiger partial charge on any atom is -0.354 e. The predicted molar refractivity (Wildman–Crippen MR) is 112 cm³/mol. The van der Waals surface area contributed by atoms with Gasteiger partial charge in [-0.15, -0.1) is 0 Å². The van der Waals surface area contributed by atoms with E-state index < -0.39 is 0 Å². The van der Waals surface area contributed by atoms with Crippen LogP contribution in [0, 0.1) is 6.92 Å². The van der Waals surface area contributed by atoms with E-state index in [9.17, 15) is 0 Å². The topological polar surface area (TPSA) is 57.2 Å². The van der Waals surface area contributed by atoms with Crippen LogP contribution in [0.3, 0.4) is 0 Å². The molecule has 6 heteroatoms. The van der Waals surface area contributed by atoms with Crippen molar-refractivity contribution in [2.45, 2.75) is 20.0 Å². The molecule has 3 heterocycles. The number of anilines is 2. The van der Waals surface area contributed by atoms with Gasteiger partial charge < -0.3 is 10.2 Å². The van der Waals surface area contributed by atoms with E-state index in [0.29, 0.717) is 12.5 Å². The Labute approximate surface area is 166 Å². The van der Waals surface area contributed by atoms with Gasteiger partial charge in [0, 0.05) is 63.4 Å². The SMILES string of the molecule is Cc1cc(N2CCN(Cc3ccccc3)CC2)nc(NCc2cccnc2)n1. The van der Waals surface area contributed by atoms with Crippen LogP contribution in [0.2, 0.25) is 0 Å². The molecule has 1 saturated heterocycles. The summed E-state index contributed by atoms with van der Waals surface area (Å²) < 4.78 is 0. The van der Waals surface area contributed by atoms with Crippen LogP contribution in [0.25, 0.3) is 0 Å². The highest BCUT2D eigenvalue weighted by atomic mass is 15.3. The van der Waals surface area contributed by atoms with Gasteiger partial charge in [0.05, 0.1) is 0 Å². The first kappa shape index (κ1) is 18.4. The second-order valence-corrected chi connectivity index (χ2v) is 7.15. The second-order valence-electron chi connectivity index (χ2n) is 7.15. The summed E-state index contributed by atoms with van der Waals surface area (Å²) in [6.45, 7) is 7.73. The number of nitrogens with zero attached hydrogens (tertiary/aromatic N) is 5. The maximum absolute atomic E-state index is 4.75. The molecule has 1 aliphatic heterocycles. The van der Waals surface area contributed by atoms with E-state index in [1.165, 1.54) is 5.56 Å². The maximum atomic E-state index is 4.75. The van der Waals surface area contributed by atoms with Crippen molar-refractivity contribution in [3.8, 4) is 0 Å². The largest absolute Gasteiger partial charge is 0.354 e. The first-order chi connectivity index (χ1) is 13.8. The number of rotatable bonds is 6. The van der Waals surface area contributed by atoms with Crippen LogP contribution in [0.15, 0.2) is 60.9 Å². The Balaban J connectivity index is 1.36. The van der Waals surface area contributed by atoms with Gasteiger partial charge in [-0.3, -0.25) is 9.88 Å². The van der Waals surface area contributed by atoms with Crippen LogP contribution in [0.5, 0.6) is 0 Å². The van der Waals surface area contributed by atoms with E-state index >= 15 is 0 Å². The average molecular weight is 374 g/mol. The maximum Gasteiger partial charge on any atom is 0.225 e. The normalized spacial score (nSPS) is 14.8. The molecule has 1 fully saturated rings. The lowest BCUT2D eigenvalue weighted by molar-refractivity contribution is 0.249. The molecule has 144 valence electrons. The van der Waals surface area contributed by atoms with Crippen LogP contribution in [0.4, 0.5) is 11.8 Å². The number of aromatic nitrogens is 3. The Bertz CT molecular complexity index is 876. The third kappa shape index (κ3) is 4.84. The second kappa shape index (κ2) is 8.80. The smallest absolute Gasteiger partial charge is 0.225 e. The fraction of sp³-hybridized carbons (Fsp3) is 0.318. The van der Waals surface area contributed by atoms with E-state index in [4.69, 9.17) is 4.98 Å². The molecule has 0 amide bonds. The van der Waals surface area contributed by atoms with Crippen molar-refractivity contribution >= 4 is 11.8 Å². The van der Waals surface area contributed by atoms with Gasteiger partial charge in [0.2, 0.25) is 5.95 Å². The molecule has 0 saturated carbocycles. The molecular formula is C22H26N6. The fourth-order valence-corrected chi connectivity index (χ4v) is 3.45. The summed E-state index contributed by atoms with van der Waals surface area (Å²) in [6, 6.07) is 16.7. The molecule has 28 heavy (non-hydrogen) atoms. The molecule has 0 bridgehead atoms. The van der Waals surface area contributed by atoms with Gasteiger partial charge in [-0.2, -0.15) is 4.98 Å². The Kier molecular flexibility index (Phi) is 5.77. The molecular weight excluding hydrogens is 348 g/mol. The van der Waals surface area contributed by atoms with Crippen molar-refractivity contribution in [2.75, 3.05) is 36.4 Å². The van der Waals surface area contributed by atoms with E-state index in [1.807, 2.05) is 25.3 Å². The summed E-state index contributed by atoms with van der Waals surface area (Å²) in [5, 5.41) is 3.32. The highest BCUT2D eigenvalue weighted by Crippen LogP contribution is 2.18. The number of benzene rings is 1. The number of hydrogen-bond donors (Lipinski definition) is 1. The molecule has 6 nitrogen and oxygen atoms in total. The van der Waals surface area contributed by atoms with Crippen molar-refractivity contribution in [3.63, 3.8) is 0 Å². The molecule has 3 aromatic rings. The van der Waals surface area contributed by atoms with E-state index in [2.05, 4.69) is 61.5 Å². The number of pyridine rings is 1. The van der Waals surface area contributed by atoms with Crippen molar-refractivity contribution < 1.29 is 0 Å². The third-order valence-electron chi connectivity index (χ3n) is 4.96. The van der Waals surface area contributed by atoms with E-state index in [0.717, 1.165) is 49.8 Å². The minimum absolute atomic E-state index is 0.668. The predicted octanol–water partition coefficient (Wildman–Crippen LogP) is 3.11. The zero-order chi connectivity index (χ0) is 19.2. The average Bonchev–Trinajstić information content (AvgIpc) is 2.74. The van der Waals surface area contributed by atoms with Gasteiger partial charge >= 0.3 is 0 Å². The highest BCUT2D eigenvalue weighted by molar-refractivity contribution is 5.45. The number of aryl methyl sites for hydroxylation is 1. The Hall–Kier alpha value is -2.99. The molecule has 0 atom stereocenters. The summed E-state index contributed by atoms with van der Waals surface area (Å²) >= 11 is 0. The van der Waals surface area contributed by atoms with Gasteiger partial charge in [-0.1, -0.05) is 36.4 Å². The van der Waals surface area contributed by atoms with Gasteiger partial charge in [0.25, 0.3) is 0 Å². The number of hydrogen-bond acceptors (Lipinski definition) is 6. The Morgan fingerprint density at radius 2 is 1.71 bits per heavy atom. The molecule has 0 aliphatic carbocycles. The molecule has 0 spiro atoms. The van der Waals surface area contributed by atoms with Crippen LogP contribution in [0.1, 0.15) is 16.8 Å². The summed E-state index contributed by atoms with van der Waals surface area (Å²) in [5.74, 6) is 1.67. The molecule has 1 aromatic carbocycles. The Morgan fingerprint density at radius 3 is 2.46 bits per heavy atom. The van der Waals surface area contributed by atoms with Crippen molar-refractivity contribution in [3.05, 3.63) is 77.7 Å². The molecule has 0 radical (unpaired) electrons. The van der Waals surface area contributed by atoms with E-state index in [1.54, 1.807) is 6.20 Å². The summed E-state index contributed by atoms with van der Waals surface area (Å²) in [5.41, 5.74) is 3.46. The van der Waals surface area contributed by atoms with Gasteiger partial charge in [-0.25, -0.2) is 4.98 Å². The summed E-state index contributed by atoms with van der Waals surface area (Å²) in [4.78, 5) is 18.3. The lowest BCUT2D eigenvalue weighted by Gasteiger charge is -2.35. The lowest BCUT2D eigenvalue weighted by Crippen LogP contribution is -2.46. The van der Waals surface area contributed by atoms with Crippen molar-refractivity contribution in [2.24, 2.45) is 0 Å². The summed E-state index contributed by atoms with van der Waals surface area (Å²) in [7, 11) is 0. The van der Waals surface area contributed by atoms with Gasteiger partial charge in [0.15, 0.2) is 0 Å². The highest BCUT2D eigenvalue weighted by Gasteiger charge is 2.19. The van der Waals surface area contributed by atoms with Gasteiger partial charge in [-0.05, 0) is 24.1 Å². The van der Waals surface area contributed by atoms with Crippen LogP contribution in [-0.2, 0) is 13.1 Å². The summed E-state index contributed by atoms with van der Waals surface area (Å²) in [6.07, 6.45) is 3.64. The van der Waals surface area contributed by atoms with Crippen molar-refractivity contribution in [1.82, 2.24) is 19.9 Å². The standard InChI is InChI=1S/C22H26N6/c1-18-14-21(26-22(25-18)24-16-20-8-5-9-23-15-20)28-12-10-27(11-13-28)17-19-6-3-2-4-7-19/h2-9,14-15H,10-13,16-17H2,1H3,(H,24,25,26). The zero-order valence-corrected chi connectivity index (χ0v) is 16.3. The first-order valence-corrected chi connectivity index (χ1v) is 9.76. The van der Waals surface area contributed by atoms with E-state index in [-0.39, 0.29) is 0 Å². The number of piperazine rings is 1. The molecule has 1 N–H and O–H groups in total. The lowest BCUT2D eigenvalue weighted by atomic mass is 10.2. The molecule has 2 aromatic heterocycles. The van der Waals surface area contributed by atoms with Crippen LogP contribution in [-0.4, -0.2) is 46.0 Å². The number of nitrogens with one attached hydrogen (secondary N) is 1. The fourth-order valence-electron chi connectivity index (χ4n) is 3.45. The monoisotopic (exact) mass is 374 g/mol. The molecule has 1 aliphatic rings. The minimum atomic E-state index is 0.668. The Morgan fingerprint density at radius 1 is 0.929 bits per heavy atom. The zero-order valence-electron chi connectivity index (χ0n) is 16.3. The van der Waals surface area contributed by atoms with Gasteiger partial charge in [0.1, 0.15) is 5.82 Å². The van der Waals surface area contributed by atoms with Crippen LogP contribution < -0.4 is 10.2 Å². The third-order valence-corrected chi connectivity index (χ3v) is 4.96. The first-order valence-electron chi connectivity index (χ1n) is 9.76.